The minimum atomic E-state index is -3.62. The molecule has 2 rings (SSSR count). The van der Waals surface area contributed by atoms with Gasteiger partial charge in [0.05, 0.1) is 0 Å². The third kappa shape index (κ3) is 2.87. The molecule has 1 atom stereocenters. The molecule has 0 aliphatic carbocycles. The van der Waals surface area contributed by atoms with Gasteiger partial charge in [0.25, 0.3) is 10.0 Å². The van der Waals surface area contributed by atoms with Gasteiger partial charge in [-0.25, -0.2) is 8.42 Å². The van der Waals surface area contributed by atoms with Gasteiger partial charge in [0.15, 0.2) is 0 Å². The van der Waals surface area contributed by atoms with Gasteiger partial charge in [0, 0.05) is 11.0 Å². The topological polar surface area (TPSA) is 75.3 Å². The summed E-state index contributed by atoms with van der Waals surface area (Å²) < 4.78 is 27.2. The molecule has 1 aliphatic heterocycles. The smallest absolute Gasteiger partial charge is 0.251 e. The van der Waals surface area contributed by atoms with Gasteiger partial charge in [-0.2, -0.15) is 4.72 Å². The summed E-state index contributed by atoms with van der Waals surface area (Å²) in [7, 11) is -3.62. The van der Waals surface area contributed by atoms with Crippen LogP contribution < -0.4 is 10.0 Å². The largest absolute Gasteiger partial charge is 0.355 e. The van der Waals surface area contributed by atoms with Crippen LogP contribution in [0, 0.1) is 0 Å². The molecule has 0 aromatic carbocycles. The molecule has 1 fully saturated rings. The van der Waals surface area contributed by atoms with E-state index >= 15 is 0 Å². The number of carbonyl (C=O) groups is 1. The molecule has 1 unspecified atom stereocenters. The summed E-state index contributed by atoms with van der Waals surface area (Å²) in [4.78, 5) is 11.5. The monoisotopic (exact) mass is 338 g/mol. The van der Waals surface area contributed by atoms with E-state index in [4.69, 9.17) is 0 Å². The number of hydrogen-bond acceptors (Lipinski definition) is 4. The lowest BCUT2D eigenvalue weighted by Crippen LogP contribution is -2.50. The van der Waals surface area contributed by atoms with Crippen LogP contribution in [0.1, 0.15) is 12.8 Å². The fraction of sp³-hybridized carbons (Fsp3) is 0.444. The van der Waals surface area contributed by atoms with Gasteiger partial charge in [-0.1, -0.05) is 0 Å². The molecule has 0 radical (unpaired) electrons. The van der Waals surface area contributed by atoms with Crippen LogP contribution in [0.4, 0.5) is 0 Å². The highest BCUT2D eigenvalue weighted by Gasteiger charge is 2.29. The first-order valence-corrected chi connectivity index (χ1v) is 8.19. The highest BCUT2D eigenvalue weighted by molar-refractivity contribution is 9.10. The van der Waals surface area contributed by atoms with Crippen molar-refractivity contribution >= 4 is 43.2 Å². The number of amides is 1. The molecule has 1 aromatic rings. The highest BCUT2D eigenvalue weighted by atomic mass is 79.9. The quantitative estimate of drug-likeness (QED) is 0.865. The molecular formula is C9H11BrN2O3S2. The van der Waals surface area contributed by atoms with Gasteiger partial charge in [0.1, 0.15) is 10.3 Å². The summed E-state index contributed by atoms with van der Waals surface area (Å²) in [6.07, 6.45) is 1.32. The molecule has 94 valence electrons. The first-order chi connectivity index (χ1) is 8.00. The Labute approximate surface area is 112 Å². The van der Waals surface area contributed by atoms with Crippen molar-refractivity contribution in [2.75, 3.05) is 6.54 Å². The Kier molecular flexibility index (Phi) is 3.86. The number of carbonyl (C=O) groups excluding carboxylic acids is 1. The number of rotatable bonds is 3. The Balaban J connectivity index is 2.18. The fourth-order valence-electron chi connectivity index (χ4n) is 1.60. The second kappa shape index (κ2) is 5.05. The van der Waals surface area contributed by atoms with Crippen molar-refractivity contribution < 1.29 is 13.2 Å². The average molecular weight is 339 g/mol. The van der Waals surface area contributed by atoms with Crippen molar-refractivity contribution in [3.63, 3.8) is 0 Å². The van der Waals surface area contributed by atoms with E-state index in [2.05, 4.69) is 26.0 Å². The summed E-state index contributed by atoms with van der Waals surface area (Å²) >= 11 is 4.29. The zero-order valence-electron chi connectivity index (χ0n) is 8.77. The van der Waals surface area contributed by atoms with Gasteiger partial charge < -0.3 is 5.32 Å². The van der Waals surface area contributed by atoms with E-state index in [9.17, 15) is 13.2 Å². The van der Waals surface area contributed by atoms with Crippen molar-refractivity contribution in [2.24, 2.45) is 0 Å². The molecule has 17 heavy (non-hydrogen) atoms. The van der Waals surface area contributed by atoms with Crippen LogP contribution in [0.5, 0.6) is 0 Å². The van der Waals surface area contributed by atoms with Gasteiger partial charge >= 0.3 is 0 Å². The van der Waals surface area contributed by atoms with Crippen LogP contribution in [0.15, 0.2) is 20.1 Å². The van der Waals surface area contributed by atoms with Gasteiger partial charge in [-0.05, 0) is 40.2 Å². The lowest BCUT2D eigenvalue weighted by atomic mass is 10.1. The third-order valence-electron chi connectivity index (χ3n) is 2.41. The van der Waals surface area contributed by atoms with Crippen LogP contribution >= 0.6 is 27.3 Å². The predicted octanol–water partition coefficient (Wildman–Crippen LogP) is 1.07. The first kappa shape index (κ1) is 13.0. The lowest BCUT2D eigenvalue weighted by Gasteiger charge is -2.22. The van der Waals surface area contributed by atoms with Gasteiger partial charge in [-0.15, -0.1) is 11.3 Å². The zero-order valence-corrected chi connectivity index (χ0v) is 12.0. The second-order valence-electron chi connectivity index (χ2n) is 3.66. The van der Waals surface area contributed by atoms with E-state index < -0.39 is 16.1 Å². The molecular weight excluding hydrogens is 328 g/mol. The molecule has 0 bridgehead atoms. The van der Waals surface area contributed by atoms with E-state index in [1.807, 2.05) is 0 Å². The van der Waals surface area contributed by atoms with E-state index in [-0.39, 0.29) is 10.1 Å². The summed E-state index contributed by atoms with van der Waals surface area (Å²) in [5.74, 6) is -0.257. The minimum Gasteiger partial charge on any atom is -0.355 e. The summed E-state index contributed by atoms with van der Waals surface area (Å²) in [6.45, 7) is 0.611. The van der Waals surface area contributed by atoms with Crippen molar-refractivity contribution in [1.29, 1.82) is 0 Å². The highest BCUT2D eigenvalue weighted by Crippen LogP contribution is 2.27. The van der Waals surface area contributed by atoms with Crippen molar-refractivity contribution in [3.8, 4) is 0 Å². The SMILES string of the molecule is O=C1NCCCC1NS(=O)(=O)c1sccc1Br. The molecule has 2 N–H and O–H groups in total. The van der Waals surface area contributed by atoms with Gasteiger partial charge in [0.2, 0.25) is 5.91 Å². The normalized spacial score (nSPS) is 21.2. The number of thiophene rings is 1. The molecule has 1 amide bonds. The van der Waals surface area contributed by atoms with Crippen molar-refractivity contribution in [2.45, 2.75) is 23.1 Å². The summed E-state index contributed by atoms with van der Waals surface area (Å²) in [6, 6.07) is 1.00. The molecule has 0 spiro atoms. The van der Waals surface area contributed by atoms with E-state index in [0.29, 0.717) is 17.4 Å². The summed E-state index contributed by atoms with van der Waals surface area (Å²) in [5, 5.41) is 4.32. The number of nitrogens with one attached hydrogen (secondary N) is 2. The predicted molar refractivity (Wildman–Crippen MR) is 68.4 cm³/mol. The molecule has 5 nitrogen and oxygen atoms in total. The molecule has 0 saturated carbocycles. The Morgan fingerprint density at radius 1 is 1.53 bits per heavy atom. The number of sulfonamides is 1. The Hall–Kier alpha value is -0.440. The molecule has 8 heteroatoms. The lowest BCUT2D eigenvalue weighted by molar-refractivity contribution is -0.124. The van der Waals surface area contributed by atoms with E-state index in [1.54, 1.807) is 11.4 Å². The average Bonchev–Trinajstić information content (AvgIpc) is 2.68. The second-order valence-corrected chi connectivity index (χ2v) is 7.34. The van der Waals surface area contributed by atoms with E-state index in [1.165, 1.54) is 0 Å². The fourth-order valence-corrected chi connectivity index (χ4v) is 5.18. The van der Waals surface area contributed by atoms with Gasteiger partial charge in [-0.3, -0.25) is 4.79 Å². The maximum atomic E-state index is 12.0. The van der Waals surface area contributed by atoms with E-state index in [0.717, 1.165) is 17.8 Å². The Morgan fingerprint density at radius 2 is 2.29 bits per heavy atom. The maximum absolute atomic E-state index is 12.0. The first-order valence-electron chi connectivity index (χ1n) is 5.04. The maximum Gasteiger partial charge on any atom is 0.251 e. The van der Waals surface area contributed by atoms with Crippen LogP contribution in [-0.4, -0.2) is 26.9 Å². The Bertz CT molecular complexity index is 526. The molecule has 1 aliphatic rings. The number of piperidine rings is 1. The molecule has 2 heterocycles. The number of halogens is 1. The third-order valence-corrected chi connectivity index (χ3v) is 6.55. The number of hydrogen-bond donors (Lipinski definition) is 2. The molecule has 1 saturated heterocycles. The molecule has 1 aromatic heterocycles. The standard InChI is InChI=1S/C9H11BrN2O3S2/c10-6-3-5-16-9(6)17(14,15)12-7-2-1-4-11-8(7)13/h3,5,7,12H,1-2,4H2,(H,11,13). The summed E-state index contributed by atoms with van der Waals surface area (Å²) in [5.41, 5.74) is 0. The van der Waals surface area contributed by atoms with Crippen LogP contribution in [0.2, 0.25) is 0 Å². The van der Waals surface area contributed by atoms with Crippen LogP contribution in [-0.2, 0) is 14.8 Å². The minimum absolute atomic E-state index is 0.205. The van der Waals surface area contributed by atoms with Crippen LogP contribution in [0.3, 0.4) is 0 Å². The zero-order chi connectivity index (χ0) is 12.5. The van der Waals surface area contributed by atoms with Crippen LogP contribution in [0.25, 0.3) is 0 Å². The Morgan fingerprint density at radius 3 is 2.88 bits per heavy atom. The van der Waals surface area contributed by atoms with Crippen molar-refractivity contribution in [3.05, 3.63) is 15.9 Å². The van der Waals surface area contributed by atoms with Crippen molar-refractivity contribution in [1.82, 2.24) is 10.0 Å².